The van der Waals surface area contributed by atoms with Crippen LogP contribution in [-0.4, -0.2) is 44.0 Å². The molecular formula is C16H25N3O. The Morgan fingerprint density at radius 1 is 1.40 bits per heavy atom. The number of likely N-dealkylation sites (N-methyl/N-ethyl adjacent to an activating group) is 2. The van der Waals surface area contributed by atoms with Crippen molar-refractivity contribution in [3.8, 4) is 0 Å². The maximum absolute atomic E-state index is 11.9. The topological polar surface area (TPSA) is 35.6 Å². The summed E-state index contributed by atoms with van der Waals surface area (Å²) in [4.78, 5) is 15.7. The number of hydrogen-bond donors (Lipinski definition) is 1. The molecule has 1 aliphatic heterocycles. The van der Waals surface area contributed by atoms with Crippen LogP contribution in [0.25, 0.3) is 0 Å². The molecule has 0 saturated carbocycles. The van der Waals surface area contributed by atoms with Gasteiger partial charge in [-0.1, -0.05) is 0 Å². The summed E-state index contributed by atoms with van der Waals surface area (Å²) in [5.74, 6) is 0.135. The summed E-state index contributed by atoms with van der Waals surface area (Å²) in [6.07, 6.45) is 2.27. The van der Waals surface area contributed by atoms with Crippen molar-refractivity contribution in [2.75, 3.05) is 37.4 Å². The number of rotatable bonds is 4. The maximum Gasteiger partial charge on any atom is 0.241 e. The van der Waals surface area contributed by atoms with E-state index in [-0.39, 0.29) is 5.91 Å². The van der Waals surface area contributed by atoms with E-state index in [1.165, 1.54) is 17.7 Å². The van der Waals surface area contributed by atoms with E-state index in [0.717, 1.165) is 18.7 Å². The van der Waals surface area contributed by atoms with Gasteiger partial charge in [0, 0.05) is 38.1 Å². The first-order valence-electron chi connectivity index (χ1n) is 7.35. The number of fused-ring (bicyclic) bond motifs is 1. The smallest absolute Gasteiger partial charge is 0.241 e. The lowest BCUT2D eigenvalue weighted by Crippen LogP contribution is -2.36. The second kappa shape index (κ2) is 6.16. The molecule has 1 aromatic carbocycles. The minimum Gasteiger partial charge on any atom is -0.382 e. The Balaban J connectivity index is 2.17. The van der Waals surface area contributed by atoms with E-state index in [4.69, 9.17) is 0 Å². The fraction of sp³-hybridized carbons (Fsp3) is 0.562. The first kappa shape index (κ1) is 14.7. The number of aryl methyl sites for hydroxylation is 1. The van der Waals surface area contributed by atoms with Crippen LogP contribution in [0.2, 0.25) is 0 Å². The molecule has 0 radical (unpaired) electrons. The molecule has 0 aliphatic carbocycles. The molecule has 1 unspecified atom stereocenters. The molecule has 4 nitrogen and oxygen atoms in total. The number of benzene rings is 1. The number of nitrogens with one attached hydrogen (secondary N) is 1. The Hall–Kier alpha value is -1.71. The molecule has 0 bridgehead atoms. The largest absolute Gasteiger partial charge is 0.382 e. The van der Waals surface area contributed by atoms with Crippen LogP contribution in [-0.2, 0) is 11.2 Å². The Morgan fingerprint density at radius 3 is 2.80 bits per heavy atom. The predicted molar refractivity (Wildman–Crippen MR) is 84.4 cm³/mol. The molecule has 0 fully saturated rings. The van der Waals surface area contributed by atoms with E-state index >= 15 is 0 Å². The van der Waals surface area contributed by atoms with Crippen LogP contribution in [0.15, 0.2) is 18.2 Å². The zero-order chi connectivity index (χ0) is 14.7. The summed E-state index contributed by atoms with van der Waals surface area (Å²) < 4.78 is 0. The van der Waals surface area contributed by atoms with Crippen molar-refractivity contribution in [1.82, 2.24) is 4.90 Å². The lowest BCUT2D eigenvalue weighted by atomic mass is 9.98. The second-order valence-corrected chi connectivity index (χ2v) is 5.73. The minimum atomic E-state index is 0.135. The SMILES string of the molecule is CCN(CC(=O)N(C)C)c1ccc2c(c1)CCC(C)N2. The Morgan fingerprint density at radius 2 is 2.15 bits per heavy atom. The van der Waals surface area contributed by atoms with Gasteiger partial charge in [-0.15, -0.1) is 0 Å². The van der Waals surface area contributed by atoms with Gasteiger partial charge in [-0.25, -0.2) is 0 Å². The van der Waals surface area contributed by atoms with Crippen molar-refractivity contribution >= 4 is 17.3 Å². The molecule has 1 amide bonds. The van der Waals surface area contributed by atoms with Crippen LogP contribution in [0.1, 0.15) is 25.8 Å². The molecule has 110 valence electrons. The standard InChI is InChI=1S/C16H25N3O/c1-5-19(11-16(20)18(3)4)14-8-9-15-13(10-14)7-6-12(2)17-15/h8-10,12,17H,5-7,11H2,1-4H3. The first-order chi connectivity index (χ1) is 9.51. The van der Waals surface area contributed by atoms with Gasteiger partial charge in [-0.3, -0.25) is 4.79 Å². The van der Waals surface area contributed by atoms with Crippen molar-refractivity contribution < 1.29 is 4.79 Å². The van der Waals surface area contributed by atoms with Crippen LogP contribution in [0.5, 0.6) is 0 Å². The minimum absolute atomic E-state index is 0.135. The lowest BCUT2D eigenvalue weighted by Gasteiger charge is -2.28. The third-order valence-electron chi connectivity index (χ3n) is 3.91. The number of hydrogen-bond acceptors (Lipinski definition) is 3. The molecule has 0 saturated heterocycles. The average molecular weight is 275 g/mol. The van der Waals surface area contributed by atoms with E-state index in [1.54, 1.807) is 19.0 Å². The van der Waals surface area contributed by atoms with Gasteiger partial charge in [-0.2, -0.15) is 0 Å². The highest BCUT2D eigenvalue weighted by Crippen LogP contribution is 2.29. The van der Waals surface area contributed by atoms with Crippen molar-refractivity contribution in [3.63, 3.8) is 0 Å². The molecule has 1 N–H and O–H groups in total. The fourth-order valence-corrected chi connectivity index (χ4v) is 2.52. The summed E-state index contributed by atoms with van der Waals surface area (Å²) in [6.45, 7) is 5.57. The third kappa shape index (κ3) is 3.24. The number of nitrogens with zero attached hydrogens (tertiary/aromatic N) is 2. The molecule has 1 aliphatic rings. The summed E-state index contributed by atoms with van der Waals surface area (Å²) in [5.41, 5.74) is 3.73. The highest BCUT2D eigenvalue weighted by atomic mass is 16.2. The zero-order valence-corrected chi connectivity index (χ0v) is 12.9. The summed E-state index contributed by atoms with van der Waals surface area (Å²) in [5, 5.41) is 3.51. The Bertz CT molecular complexity index is 485. The normalized spacial score (nSPS) is 17.1. The number of carbonyl (C=O) groups is 1. The molecule has 4 heteroatoms. The second-order valence-electron chi connectivity index (χ2n) is 5.73. The molecule has 1 heterocycles. The van der Waals surface area contributed by atoms with Crippen LogP contribution < -0.4 is 10.2 Å². The lowest BCUT2D eigenvalue weighted by molar-refractivity contribution is -0.127. The van der Waals surface area contributed by atoms with Crippen molar-refractivity contribution in [2.24, 2.45) is 0 Å². The van der Waals surface area contributed by atoms with Crippen molar-refractivity contribution in [1.29, 1.82) is 0 Å². The van der Waals surface area contributed by atoms with Gasteiger partial charge in [-0.05, 0) is 50.5 Å². The van der Waals surface area contributed by atoms with Crippen LogP contribution in [0, 0.1) is 0 Å². The molecular weight excluding hydrogens is 250 g/mol. The zero-order valence-electron chi connectivity index (χ0n) is 12.9. The van der Waals surface area contributed by atoms with E-state index in [0.29, 0.717) is 12.6 Å². The van der Waals surface area contributed by atoms with Crippen LogP contribution in [0.3, 0.4) is 0 Å². The van der Waals surface area contributed by atoms with Gasteiger partial charge in [0.25, 0.3) is 0 Å². The molecule has 0 spiro atoms. The van der Waals surface area contributed by atoms with Gasteiger partial charge in [0.1, 0.15) is 0 Å². The van der Waals surface area contributed by atoms with Crippen LogP contribution in [0.4, 0.5) is 11.4 Å². The molecule has 1 atom stereocenters. The number of carbonyl (C=O) groups excluding carboxylic acids is 1. The van der Waals surface area contributed by atoms with Crippen molar-refractivity contribution in [2.45, 2.75) is 32.7 Å². The highest BCUT2D eigenvalue weighted by molar-refractivity contribution is 5.81. The predicted octanol–water partition coefficient (Wildman–Crippen LogP) is 2.35. The van der Waals surface area contributed by atoms with Gasteiger partial charge < -0.3 is 15.1 Å². The highest BCUT2D eigenvalue weighted by Gasteiger charge is 2.17. The van der Waals surface area contributed by atoms with Gasteiger partial charge in [0.05, 0.1) is 6.54 Å². The molecule has 20 heavy (non-hydrogen) atoms. The monoisotopic (exact) mass is 275 g/mol. The molecule has 0 aromatic heterocycles. The molecule has 1 aromatic rings. The first-order valence-corrected chi connectivity index (χ1v) is 7.35. The van der Waals surface area contributed by atoms with Crippen molar-refractivity contribution in [3.05, 3.63) is 23.8 Å². The fourth-order valence-electron chi connectivity index (χ4n) is 2.52. The van der Waals surface area contributed by atoms with Gasteiger partial charge >= 0.3 is 0 Å². The van der Waals surface area contributed by atoms with E-state index in [1.807, 2.05) is 0 Å². The van der Waals surface area contributed by atoms with E-state index in [2.05, 4.69) is 42.3 Å². The van der Waals surface area contributed by atoms with E-state index < -0.39 is 0 Å². The maximum atomic E-state index is 11.9. The van der Waals surface area contributed by atoms with Crippen LogP contribution >= 0.6 is 0 Å². The summed E-state index contributed by atoms with van der Waals surface area (Å²) in [7, 11) is 3.60. The summed E-state index contributed by atoms with van der Waals surface area (Å²) >= 11 is 0. The molecule has 2 rings (SSSR count). The quantitative estimate of drug-likeness (QED) is 0.916. The summed E-state index contributed by atoms with van der Waals surface area (Å²) in [6, 6.07) is 7.02. The Kier molecular flexibility index (Phi) is 4.53. The number of anilines is 2. The Labute approximate surface area is 121 Å². The van der Waals surface area contributed by atoms with E-state index in [9.17, 15) is 4.79 Å². The van der Waals surface area contributed by atoms with Gasteiger partial charge in [0.2, 0.25) is 5.91 Å². The number of amides is 1. The average Bonchev–Trinajstić information content (AvgIpc) is 2.43. The van der Waals surface area contributed by atoms with Gasteiger partial charge in [0.15, 0.2) is 0 Å². The third-order valence-corrected chi connectivity index (χ3v) is 3.91.